The second kappa shape index (κ2) is 10.0. The minimum Gasteiger partial charge on any atom is -0.452 e. The lowest BCUT2D eigenvalue weighted by Gasteiger charge is -2.15. The Morgan fingerprint density at radius 2 is 1.90 bits per heavy atom. The predicted octanol–water partition coefficient (Wildman–Crippen LogP) is 5.46. The van der Waals surface area contributed by atoms with Gasteiger partial charge in [0.25, 0.3) is 5.91 Å². The van der Waals surface area contributed by atoms with Crippen LogP contribution in [0.15, 0.2) is 42.5 Å². The molecule has 0 aliphatic heterocycles. The van der Waals surface area contributed by atoms with Gasteiger partial charge in [0, 0.05) is 20.3 Å². The molecule has 2 aromatic carbocycles. The van der Waals surface area contributed by atoms with Crippen LogP contribution < -0.4 is 5.32 Å². The van der Waals surface area contributed by atoms with Crippen LogP contribution in [0, 0.1) is 10.5 Å². The van der Waals surface area contributed by atoms with Crippen LogP contribution in [0.5, 0.6) is 0 Å². The molecule has 30 heavy (non-hydrogen) atoms. The number of benzene rings is 2. The molecular formula is C24H25IN2O3. The van der Waals surface area contributed by atoms with Gasteiger partial charge < -0.3 is 10.1 Å². The van der Waals surface area contributed by atoms with Gasteiger partial charge in [0.05, 0.1) is 11.1 Å². The van der Waals surface area contributed by atoms with Gasteiger partial charge in [0.1, 0.15) is 0 Å². The highest BCUT2D eigenvalue weighted by molar-refractivity contribution is 14.1. The predicted molar refractivity (Wildman–Crippen MR) is 128 cm³/mol. The van der Waals surface area contributed by atoms with Crippen molar-refractivity contribution in [3.63, 3.8) is 0 Å². The molecule has 0 saturated carbocycles. The fraction of sp³-hybridized carbons (Fsp3) is 0.292. The molecular weight excluding hydrogens is 491 g/mol. The second-order valence-electron chi connectivity index (χ2n) is 7.12. The zero-order valence-corrected chi connectivity index (χ0v) is 19.6. The number of anilines is 1. The normalized spacial score (nSPS) is 10.8. The van der Waals surface area contributed by atoms with Crippen LogP contribution in [0.1, 0.15) is 47.4 Å². The first-order valence-corrected chi connectivity index (χ1v) is 11.2. The van der Waals surface area contributed by atoms with Crippen LogP contribution in [-0.2, 0) is 22.4 Å². The summed E-state index contributed by atoms with van der Waals surface area (Å²) in [7, 11) is 0. The molecule has 0 aliphatic carbocycles. The molecule has 0 atom stereocenters. The minimum absolute atomic E-state index is 0.340. The SMILES string of the molecule is CCCc1nc2ccccc2c(C(=O)OCC(=O)Nc2ccc(I)cc2C)c1CC. The number of nitrogens with zero attached hydrogens (tertiary/aromatic N) is 1. The third-order valence-corrected chi connectivity index (χ3v) is 5.59. The standard InChI is InChI=1S/C24H25IN2O3/c1-4-8-20-17(5-2)23(18-9-6-7-10-21(18)26-20)24(29)30-14-22(28)27-19-12-11-16(25)13-15(19)3/h6-7,9-13H,4-5,8,14H2,1-3H3,(H,27,28). The molecule has 0 fully saturated rings. The van der Waals surface area contributed by atoms with Gasteiger partial charge in [-0.25, -0.2) is 4.79 Å². The summed E-state index contributed by atoms with van der Waals surface area (Å²) in [4.78, 5) is 30.2. The number of amides is 1. The van der Waals surface area contributed by atoms with Crippen molar-refractivity contribution in [1.29, 1.82) is 0 Å². The lowest BCUT2D eigenvalue weighted by Crippen LogP contribution is -2.22. The summed E-state index contributed by atoms with van der Waals surface area (Å²) in [5.74, 6) is -0.852. The van der Waals surface area contributed by atoms with Crippen molar-refractivity contribution in [3.05, 3.63) is 68.4 Å². The summed E-state index contributed by atoms with van der Waals surface area (Å²) >= 11 is 2.22. The number of fused-ring (bicyclic) bond motifs is 1. The van der Waals surface area contributed by atoms with Gasteiger partial charge in [0.15, 0.2) is 6.61 Å². The number of ether oxygens (including phenoxy) is 1. The Kier molecular flexibility index (Phi) is 7.42. The third-order valence-electron chi connectivity index (χ3n) is 4.92. The molecule has 3 aromatic rings. The van der Waals surface area contributed by atoms with Crippen molar-refractivity contribution in [3.8, 4) is 0 Å². The Bertz CT molecular complexity index is 1100. The molecule has 0 saturated heterocycles. The van der Waals surface area contributed by atoms with E-state index in [0.717, 1.165) is 44.1 Å². The highest BCUT2D eigenvalue weighted by Crippen LogP contribution is 2.26. The molecule has 0 aliphatic rings. The smallest absolute Gasteiger partial charge is 0.339 e. The maximum absolute atomic E-state index is 13.0. The van der Waals surface area contributed by atoms with Gasteiger partial charge in [-0.05, 0) is 77.7 Å². The zero-order valence-electron chi connectivity index (χ0n) is 17.4. The molecule has 1 heterocycles. The minimum atomic E-state index is -0.489. The Labute approximate surface area is 190 Å². The summed E-state index contributed by atoms with van der Waals surface area (Å²) in [6, 6.07) is 13.3. The number of pyridine rings is 1. The fourth-order valence-corrected chi connectivity index (χ4v) is 4.16. The molecule has 5 nitrogen and oxygen atoms in total. The maximum atomic E-state index is 13.0. The second-order valence-corrected chi connectivity index (χ2v) is 8.36. The van der Waals surface area contributed by atoms with Crippen LogP contribution in [0.4, 0.5) is 5.69 Å². The van der Waals surface area contributed by atoms with E-state index in [1.165, 1.54) is 0 Å². The first-order chi connectivity index (χ1) is 14.4. The monoisotopic (exact) mass is 516 g/mol. The van der Waals surface area contributed by atoms with Crippen LogP contribution in [-0.4, -0.2) is 23.5 Å². The highest BCUT2D eigenvalue weighted by atomic mass is 127. The van der Waals surface area contributed by atoms with E-state index in [1.54, 1.807) is 0 Å². The van der Waals surface area contributed by atoms with E-state index in [0.29, 0.717) is 17.7 Å². The van der Waals surface area contributed by atoms with Crippen LogP contribution >= 0.6 is 22.6 Å². The lowest BCUT2D eigenvalue weighted by atomic mass is 9.96. The fourth-order valence-electron chi connectivity index (χ4n) is 3.52. The molecule has 156 valence electrons. The highest BCUT2D eigenvalue weighted by Gasteiger charge is 2.21. The van der Waals surface area contributed by atoms with Crippen molar-refractivity contribution in [2.75, 3.05) is 11.9 Å². The zero-order chi connectivity index (χ0) is 21.7. The van der Waals surface area contributed by atoms with E-state index in [2.05, 4.69) is 34.8 Å². The Balaban J connectivity index is 1.83. The first-order valence-electron chi connectivity index (χ1n) is 10.1. The lowest BCUT2D eigenvalue weighted by molar-refractivity contribution is -0.119. The van der Waals surface area contributed by atoms with E-state index < -0.39 is 5.97 Å². The molecule has 0 spiro atoms. The molecule has 1 N–H and O–H groups in total. The third kappa shape index (κ3) is 4.98. The van der Waals surface area contributed by atoms with Crippen molar-refractivity contribution in [2.45, 2.75) is 40.0 Å². The average Bonchev–Trinajstić information content (AvgIpc) is 2.73. The van der Waals surface area contributed by atoms with Gasteiger partial charge >= 0.3 is 5.97 Å². The number of hydrogen-bond acceptors (Lipinski definition) is 4. The average molecular weight is 516 g/mol. The van der Waals surface area contributed by atoms with E-state index in [9.17, 15) is 9.59 Å². The maximum Gasteiger partial charge on any atom is 0.339 e. The Morgan fingerprint density at radius 1 is 1.13 bits per heavy atom. The molecule has 0 unspecified atom stereocenters. The Morgan fingerprint density at radius 3 is 2.60 bits per heavy atom. The first kappa shape index (κ1) is 22.2. The van der Waals surface area contributed by atoms with Crippen LogP contribution in [0.25, 0.3) is 10.9 Å². The van der Waals surface area contributed by atoms with Gasteiger partial charge in [-0.3, -0.25) is 9.78 Å². The largest absolute Gasteiger partial charge is 0.452 e. The number of nitrogens with one attached hydrogen (secondary N) is 1. The van der Waals surface area contributed by atoms with Crippen molar-refractivity contribution < 1.29 is 14.3 Å². The summed E-state index contributed by atoms with van der Waals surface area (Å²) < 4.78 is 6.52. The summed E-state index contributed by atoms with van der Waals surface area (Å²) in [6.07, 6.45) is 2.40. The number of aryl methyl sites for hydroxylation is 2. The number of halogens is 1. The number of carbonyl (C=O) groups excluding carboxylic acids is 2. The van der Waals surface area contributed by atoms with Crippen molar-refractivity contribution in [2.24, 2.45) is 0 Å². The number of hydrogen-bond donors (Lipinski definition) is 1. The molecule has 0 radical (unpaired) electrons. The number of carbonyl (C=O) groups is 2. The quantitative estimate of drug-likeness (QED) is 0.335. The topological polar surface area (TPSA) is 68.3 Å². The van der Waals surface area contributed by atoms with E-state index in [1.807, 2.05) is 56.3 Å². The van der Waals surface area contributed by atoms with Crippen molar-refractivity contribution >= 4 is 51.1 Å². The summed E-state index contributed by atoms with van der Waals surface area (Å²) in [5.41, 5.74) is 4.78. The van der Waals surface area contributed by atoms with E-state index in [-0.39, 0.29) is 12.5 Å². The van der Waals surface area contributed by atoms with E-state index >= 15 is 0 Å². The summed E-state index contributed by atoms with van der Waals surface area (Å²) in [6.45, 7) is 5.68. The van der Waals surface area contributed by atoms with E-state index in [4.69, 9.17) is 9.72 Å². The number of rotatable bonds is 7. The Hall–Kier alpha value is -2.48. The number of para-hydroxylation sites is 1. The van der Waals surface area contributed by atoms with Gasteiger partial charge in [0.2, 0.25) is 0 Å². The van der Waals surface area contributed by atoms with Gasteiger partial charge in [-0.15, -0.1) is 0 Å². The molecule has 6 heteroatoms. The van der Waals surface area contributed by atoms with Crippen LogP contribution in [0.2, 0.25) is 0 Å². The van der Waals surface area contributed by atoms with Crippen molar-refractivity contribution in [1.82, 2.24) is 4.98 Å². The van der Waals surface area contributed by atoms with Gasteiger partial charge in [-0.2, -0.15) is 0 Å². The number of esters is 1. The molecule has 1 amide bonds. The summed E-state index contributed by atoms with van der Waals surface area (Å²) in [5, 5.41) is 3.57. The van der Waals surface area contributed by atoms with Crippen LogP contribution in [0.3, 0.4) is 0 Å². The number of aromatic nitrogens is 1. The molecule has 1 aromatic heterocycles. The van der Waals surface area contributed by atoms with Gasteiger partial charge in [-0.1, -0.05) is 38.5 Å². The molecule has 0 bridgehead atoms. The molecule has 3 rings (SSSR count).